The fourth-order valence-electron chi connectivity index (χ4n) is 2.12. The highest BCUT2D eigenvalue weighted by atomic mass is 16.5. The molecule has 8 heteroatoms. The molecule has 0 saturated carbocycles. The van der Waals surface area contributed by atoms with Gasteiger partial charge in [0.15, 0.2) is 0 Å². The number of hydrogen-bond donors (Lipinski definition) is 2. The van der Waals surface area contributed by atoms with Crippen LogP contribution in [0.5, 0.6) is 0 Å². The zero-order valence-electron chi connectivity index (χ0n) is 13.3. The quantitative estimate of drug-likeness (QED) is 0.601. The summed E-state index contributed by atoms with van der Waals surface area (Å²) in [5, 5.41) is 5.02. The summed E-state index contributed by atoms with van der Waals surface area (Å²) in [5.41, 5.74) is 0.420. The molecular formula is C16H18N2O6. The summed E-state index contributed by atoms with van der Waals surface area (Å²) >= 11 is 0. The first-order chi connectivity index (χ1) is 11.5. The summed E-state index contributed by atoms with van der Waals surface area (Å²) in [4.78, 5) is 35.3. The van der Waals surface area contributed by atoms with Gasteiger partial charge in [-0.3, -0.25) is 0 Å². The van der Waals surface area contributed by atoms with Gasteiger partial charge in [0.25, 0.3) is 0 Å². The van der Waals surface area contributed by atoms with E-state index in [-0.39, 0.29) is 24.5 Å². The molecule has 128 valence electrons. The fourth-order valence-corrected chi connectivity index (χ4v) is 2.12. The molecule has 0 spiro atoms. The molecule has 1 aromatic heterocycles. The van der Waals surface area contributed by atoms with Gasteiger partial charge in [-0.25, -0.2) is 14.4 Å². The van der Waals surface area contributed by atoms with Gasteiger partial charge in [-0.2, -0.15) is 0 Å². The lowest BCUT2D eigenvalue weighted by Gasteiger charge is -2.26. The number of urea groups is 1. The number of ether oxygens (including phenoxy) is 2. The zero-order valence-corrected chi connectivity index (χ0v) is 13.3. The first-order valence-electron chi connectivity index (χ1n) is 7.37. The Hall–Kier alpha value is -3.03. The molecule has 1 aliphatic rings. The second-order valence-electron chi connectivity index (χ2n) is 4.89. The Kier molecular flexibility index (Phi) is 5.78. The van der Waals surface area contributed by atoms with E-state index in [0.29, 0.717) is 5.76 Å². The van der Waals surface area contributed by atoms with Crippen LogP contribution in [0.4, 0.5) is 4.79 Å². The molecule has 24 heavy (non-hydrogen) atoms. The van der Waals surface area contributed by atoms with E-state index >= 15 is 0 Å². The van der Waals surface area contributed by atoms with Gasteiger partial charge in [0, 0.05) is 6.08 Å². The van der Waals surface area contributed by atoms with Crippen molar-refractivity contribution in [1.82, 2.24) is 10.6 Å². The van der Waals surface area contributed by atoms with E-state index in [1.54, 1.807) is 26.0 Å². The Balaban J connectivity index is 2.05. The molecule has 0 fully saturated rings. The standard InChI is InChI=1S/C16H18N2O6/c1-3-22-15(20)14-10(2)17-16(21)18-12(14)9-24-13(19)7-6-11-5-4-8-23-11/h4-8,10H,3,9H2,1-2H3,(H2,17,18,21)/b7-6+/t10-/m1/s1. The van der Waals surface area contributed by atoms with Crippen LogP contribution >= 0.6 is 0 Å². The maximum absolute atomic E-state index is 12.0. The van der Waals surface area contributed by atoms with Crippen molar-refractivity contribution >= 4 is 24.0 Å². The fraction of sp³-hybridized carbons (Fsp3) is 0.312. The van der Waals surface area contributed by atoms with Crippen LogP contribution in [-0.2, 0) is 19.1 Å². The van der Waals surface area contributed by atoms with Gasteiger partial charge in [-0.1, -0.05) is 0 Å². The van der Waals surface area contributed by atoms with Crippen LogP contribution in [0.25, 0.3) is 6.08 Å². The first-order valence-corrected chi connectivity index (χ1v) is 7.37. The molecule has 1 aromatic rings. The minimum atomic E-state index is -0.637. The van der Waals surface area contributed by atoms with Crippen molar-refractivity contribution in [3.63, 3.8) is 0 Å². The molecule has 8 nitrogen and oxygen atoms in total. The second kappa shape index (κ2) is 8.00. The van der Waals surface area contributed by atoms with Crippen molar-refractivity contribution in [3.8, 4) is 0 Å². The summed E-state index contributed by atoms with van der Waals surface area (Å²) in [7, 11) is 0. The lowest BCUT2D eigenvalue weighted by atomic mass is 10.0. The molecule has 2 amide bonds. The number of nitrogens with one attached hydrogen (secondary N) is 2. The van der Waals surface area contributed by atoms with E-state index in [9.17, 15) is 14.4 Å². The Labute approximate surface area is 138 Å². The summed E-state index contributed by atoms with van der Waals surface area (Å²) in [6.07, 6.45) is 4.12. The Morgan fingerprint density at radius 2 is 2.17 bits per heavy atom. The average molecular weight is 334 g/mol. The smallest absolute Gasteiger partial charge is 0.338 e. The van der Waals surface area contributed by atoms with E-state index in [0.717, 1.165) is 0 Å². The summed E-state index contributed by atoms with van der Waals surface area (Å²) in [5.74, 6) is -0.709. The summed E-state index contributed by atoms with van der Waals surface area (Å²) in [6.45, 7) is 3.26. The van der Waals surface area contributed by atoms with E-state index in [2.05, 4.69) is 10.6 Å². The number of carbonyl (C=O) groups excluding carboxylic acids is 3. The van der Waals surface area contributed by atoms with Crippen molar-refractivity contribution in [2.24, 2.45) is 0 Å². The van der Waals surface area contributed by atoms with Crippen molar-refractivity contribution < 1.29 is 28.3 Å². The van der Waals surface area contributed by atoms with Gasteiger partial charge < -0.3 is 24.5 Å². The monoisotopic (exact) mass is 334 g/mol. The molecule has 0 bridgehead atoms. The predicted octanol–water partition coefficient (Wildman–Crippen LogP) is 1.35. The number of carbonyl (C=O) groups is 3. The SMILES string of the molecule is CCOC(=O)C1=C(COC(=O)/C=C/c2ccco2)NC(=O)N[C@@H]1C. The van der Waals surface area contributed by atoms with Crippen LogP contribution in [0.3, 0.4) is 0 Å². The third-order valence-electron chi connectivity index (χ3n) is 3.15. The molecule has 2 rings (SSSR count). The van der Waals surface area contributed by atoms with Gasteiger partial charge >= 0.3 is 18.0 Å². The van der Waals surface area contributed by atoms with E-state index in [1.165, 1.54) is 18.4 Å². The number of esters is 2. The summed E-state index contributed by atoms with van der Waals surface area (Å²) < 4.78 is 15.1. The lowest BCUT2D eigenvalue weighted by Crippen LogP contribution is -2.50. The van der Waals surface area contributed by atoms with E-state index in [1.807, 2.05) is 0 Å². The third kappa shape index (κ3) is 4.48. The normalized spacial score (nSPS) is 17.4. The average Bonchev–Trinajstić information content (AvgIpc) is 3.03. The van der Waals surface area contributed by atoms with Gasteiger partial charge in [0.05, 0.1) is 30.2 Å². The Bertz CT molecular complexity index is 675. The van der Waals surface area contributed by atoms with Crippen molar-refractivity contribution in [2.75, 3.05) is 13.2 Å². The first kappa shape index (κ1) is 17.3. The van der Waals surface area contributed by atoms with Crippen LogP contribution in [0, 0.1) is 0 Å². The molecule has 1 atom stereocenters. The van der Waals surface area contributed by atoms with Crippen LogP contribution < -0.4 is 10.6 Å². The van der Waals surface area contributed by atoms with Crippen molar-refractivity contribution in [2.45, 2.75) is 19.9 Å². The minimum absolute atomic E-state index is 0.196. The number of rotatable bonds is 6. The molecule has 0 aromatic carbocycles. The van der Waals surface area contributed by atoms with Crippen molar-refractivity contribution in [3.05, 3.63) is 41.5 Å². The number of furan rings is 1. The molecule has 0 saturated heterocycles. The maximum Gasteiger partial charge on any atom is 0.338 e. The molecule has 0 aliphatic carbocycles. The topological polar surface area (TPSA) is 107 Å². The summed E-state index contributed by atoms with van der Waals surface area (Å²) in [6, 6.07) is 2.34. The van der Waals surface area contributed by atoms with Crippen LogP contribution in [0.1, 0.15) is 19.6 Å². The highest BCUT2D eigenvalue weighted by Crippen LogP contribution is 2.14. The zero-order chi connectivity index (χ0) is 17.5. The van der Waals surface area contributed by atoms with Gasteiger partial charge in [-0.15, -0.1) is 0 Å². The highest BCUT2D eigenvalue weighted by molar-refractivity contribution is 5.95. The minimum Gasteiger partial charge on any atom is -0.465 e. The van der Waals surface area contributed by atoms with Crippen LogP contribution in [0.2, 0.25) is 0 Å². The molecular weight excluding hydrogens is 316 g/mol. The molecule has 2 heterocycles. The van der Waals surface area contributed by atoms with Crippen LogP contribution in [-0.4, -0.2) is 37.2 Å². The third-order valence-corrected chi connectivity index (χ3v) is 3.15. The maximum atomic E-state index is 12.0. The number of amides is 2. The van der Waals surface area contributed by atoms with Gasteiger partial charge in [0.2, 0.25) is 0 Å². The largest absolute Gasteiger partial charge is 0.465 e. The lowest BCUT2D eigenvalue weighted by molar-refractivity contribution is -0.140. The molecule has 0 unspecified atom stereocenters. The molecule has 2 N–H and O–H groups in total. The van der Waals surface area contributed by atoms with Crippen LogP contribution in [0.15, 0.2) is 40.2 Å². The second-order valence-corrected chi connectivity index (χ2v) is 4.89. The van der Waals surface area contributed by atoms with Gasteiger partial charge in [-0.05, 0) is 32.1 Å². The van der Waals surface area contributed by atoms with E-state index < -0.39 is 24.0 Å². The van der Waals surface area contributed by atoms with E-state index in [4.69, 9.17) is 13.9 Å². The predicted molar refractivity (Wildman–Crippen MR) is 83.5 cm³/mol. The molecule has 0 radical (unpaired) electrons. The number of hydrogen-bond acceptors (Lipinski definition) is 6. The van der Waals surface area contributed by atoms with Gasteiger partial charge in [0.1, 0.15) is 12.4 Å². The molecule has 1 aliphatic heterocycles. The Morgan fingerprint density at radius 1 is 1.38 bits per heavy atom. The highest BCUT2D eigenvalue weighted by Gasteiger charge is 2.30. The van der Waals surface area contributed by atoms with Crippen molar-refractivity contribution in [1.29, 1.82) is 0 Å². The Morgan fingerprint density at radius 3 is 2.83 bits per heavy atom.